The van der Waals surface area contributed by atoms with Gasteiger partial charge in [-0.2, -0.15) is 0 Å². The maximum absolute atomic E-state index is 12.6. The van der Waals surface area contributed by atoms with E-state index in [2.05, 4.69) is 34.6 Å². The lowest BCUT2D eigenvalue weighted by Gasteiger charge is -2.50. The minimum absolute atomic E-state index is 0.129. The van der Waals surface area contributed by atoms with Gasteiger partial charge in [0.1, 0.15) is 6.29 Å². The topological polar surface area (TPSA) is 17.1 Å². The summed E-state index contributed by atoms with van der Waals surface area (Å²) in [4.78, 5) is 12.6. The van der Waals surface area contributed by atoms with Crippen molar-refractivity contribution >= 4 is 17.9 Å². The summed E-state index contributed by atoms with van der Waals surface area (Å²) in [6, 6.07) is 0. The molecule has 0 spiro atoms. The van der Waals surface area contributed by atoms with Crippen LogP contribution in [-0.2, 0) is 4.79 Å². The molecule has 0 heterocycles. The number of hydrogen-bond acceptors (Lipinski definition) is 1. The van der Waals surface area contributed by atoms with Gasteiger partial charge >= 0.3 is 0 Å². The van der Waals surface area contributed by atoms with Crippen LogP contribution in [0.4, 0.5) is 0 Å². The molecule has 0 aromatic carbocycles. The summed E-state index contributed by atoms with van der Waals surface area (Å²) in [5, 5.41) is 0. The molecule has 0 saturated heterocycles. The van der Waals surface area contributed by atoms with E-state index in [9.17, 15) is 4.79 Å². The average Bonchev–Trinajstić information content (AvgIpc) is 3.24. The Morgan fingerprint density at radius 2 is 1.76 bits per heavy atom. The predicted molar refractivity (Wildman–Crippen MR) is 123 cm³/mol. The van der Waals surface area contributed by atoms with Crippen LogP contribution < -0.4 is 0 Å². The largest absolute Gasteiger partial charge is 0.303 e. The van der Waals surface area contributed by atoms with Crippen molar-refractivity contribution in [2.24, 2.45) is 57.7 Å². The van der Waals surface area contributed by atoms with Crippen LogP contribution in [0.5, 0.6) is 0 Å². The van der Waals surface area contributed by atoms with Crippen molar-refractivity contribution in [1.82, 2.24) is 0 Å². The van der Waals surface area contributed by atoms with E-state index in [0.29, 0.717) is 17.2 Å². The monoisotopic (exact) mass is 420 g/mol. The summed E-state index contributed by atoms with van der Waals surface area (Å²) in [5.74, 6) is 6.03. The second-order valence-electron chi connectivity index (χ2n) is 12.6. The van der Waals surface area contributed by atoms with Crippen LogP contribution in [0.15, 0.2) is 0 Å². The van der Waals surface area contributed by atoms with E-state index in [-0.39, 0.29) is 10.8 Å². The van der Waals surface area contributed by atoms with E-state index in [0.717, 1.165) is 41.9 Å². The summed E-state index contributed by atoms with van der Waals surface area (Å²) >= 11 is 6.42. The molecule has 4 aliphatic rings. The molecule has 0 aromatic heterocycles. The second kappa shape index (κ2) is 7.83. The first-order valence-electron chi connectivity index (χ1n) is 12.8. The van der Waals surface area contributed by atoms with Gasteiger partial charge in [0, 0.05) is 11.3 Å². The van der Waals surface area contributed by atoms with Crippen molar-refractivity contribution in [2.75, 3.05) is 5.88 Å². The van der Waals surface area contributed by atoms with Gasteiger partial charge in [-0.15, -0.1) is 11.6 Å². The van der Waals surface area contributed by atoms with Gasteiger partial charge in [-0.3, -0.25) is 0 Å². The molecule has 4 saturated carbocycles. The van der Waals surface area contributed by atoms with Crippen molar-refractivity contribution in [3.05, 3.63) is 0 Å². The van der Waals surface area contributed by atoms with Gasteiger partial charge in [-0.05, 0) is 97.2 Å². The van der Waals surface area contributed by atoms with Crippen molar-refractivity contribution in [2.45, 2.75) is 98.8 Å². The molecular weight excluding hydrogens is 376 g/mol. The predicted octanol–water partition coefficient (Wildman–Crippen LogP) is 7.75. The van der Waals surface area contributed by atoms with Gasteiger partial charge < -0.3 is 4.79 Å². The Balaban J connectivity index is 1.54. The molecule has 29 heavy (non-hydrogen) atoms. The molecular formula is C27H45ClO. The highest BCUT2D eigenvalue weighted by atomic mass is 35.5. The van der Waals surface area contributed by atoms with Crippen LogP contribution in [0.3, 0.4) is 0 Å². The third-order valence-electron chi connectivity index (χ3n) is 11.2. The first-order chi connectivity index (χ1) is 13.7. The van der Waals surface area contributed by atoms with Crippen molar-refractivity contribution in [1.29, 1.82) is 0 Å². The highest BCUT2D eigenvalue weighted by molar-refractivity contribution is 6.18. The molecule has 1 nitrogen and oxygen atoms in total. The third-order valence-corrected chi connectivity index (χ3v) is 11.6. The Kier molecular flexibility index (Phi) is 5.98. The maximum atomic E-state index is 12.6. The number of hydrogen-bond donors (Lipinski definition) is 0. The molecule has 4 fully saturated rings. The molecule has 0 aromatic rings. The van der Waals surface area contributed by atoms with Crippen LogP contribution in [-0.4, -0.2) is 12.2 Å². The van der Waals surface area contributed by atoms with Crippen molar-refractivity contribution in [3.63, 3.8) is 0 Å². The number of halogens is 1. The van der Waals surface area contributed by atoms with E-state index < -0.39 is 0 Å². The molecule has 2 heteroatoms. The van der Waals surface area contributed by atoms with E-state index in [1.807, 2.05) is 0 Å². The summed E-state index contributed by atoms with van der Waals surface area (Å²) in [6.07, 6.45) is 14.7. The minimum Gasteiger partial charge on any atom is -0.303 e. The summed E-state index contributed by atoms with van der Waals surface area (Å²) in [5.41, 5.74) is 0.589. The summed E-state index contributed by atoms with van der Waals surface area (Å²) in [7, 11) is 0. The molecule has 0 amide bonds. The molecule has 0 radical (unpaired) electrons. The number of rotatable bonds is 7. The third kappa shape index (κ3) is 3.10. The fourth-order valence-corrected chi connectivity index (χ4v) is 10.1. The zero-order valence-corrected chi connectivity index (χ0v) is 20.4. The van der Waals surface area contributed by atoms with Crippen molar-refractivity contribution in [3.8, 4) is 0 Å². The van der Waals surface area contributed by atoms with Gasteiger partial charge in [-0.1, -0.05) is 53.9 Å². The molecule has 166 valence electrons. The molecule has 0 bridgehead atoms. The van der Waals surface area contributed by atoms with Crippen molar-refractivity contribution < 1.29 is 4.79 Å². The lowest BCUT2D eigenvalue weighted by Crippen LogP contribution is -2.44. The van der Waals surface area contributed by atoms with Gasteiger partial charge in [0.25, 0.3) is 0 Å². The lowest BCUT2D eigenvalue weighted by atomic mass is 9.54. The number of aldehydes is 1. The number of alkyl halides is 1. The Labute approximate surface area is 185 Å². The maximum Gasteiger partial charge on any atom is 0.127 e. The quantitative estimate of drug-likeness (QED) is 0.304. The Bertz CT molecular complexity index is 616. The van der Waals surface area contributed by atoms with Gasteiger partial charge in [0.15, 0.2) is 0 Å². The molecule has 0 N–H and O–H groups in total. The molecule has 0 aliphatic heterocycles. The Morgan fingerprint density at radius 3 is 2.41 bits per heavy atom. The van der Waals surface area contributed by atoms with Crippen LogP contribution in [0.25, 0.3) is 0 Å². The van der Waals surface area contributed by atoms with Crippen LogP contribution in [0, 0.1) is 57.7 Å². The number of fused-ring (bicyclic) bond motifs is 5. The van der Waals surface area contributed by atoms with E-state index in [1.165, 1.54) is 64.1 Å². The molecule has 0 unspecified atom stereocenters. The number of carbonyl (C=O) groups excluding carboxylic acids is 1. The van der Waals surface area contributed by atoms with E-state index >= 15 is 0 Å². The fourth-order valence-electron chi connectivity index (χ4n) is 9.63. The molecule has 4 rings (SSSR count). The Hall–Kier alpha value is -0.0400. The van der Waals surface area contributed by atoms with Gasteiger partial charge in [0.05, 0.1) is 0 Å². The highest BCUT2D eigenvalue weighted by Gasteiger charge is 2.70. The SMILES string of the molecule is CC(C)CCC[C@@H](C)[C@H]1CC[C@H]2[C@@H]3C[C@]4(C=O)[C@@H](CCl)CC[C@]4(C)[C@H]3CC[C@]12C. The first kappa shape index (κ1) is 22.2. The standard InChI is InChI=1S/C27H45ClO/c1-18(2)7-6-8-19(3)22-9-10-23-21-15-27(17-29)20(16-28)11-14-26(27,5)24(21)12-13-25(22,23)4/h17-24H,6-16H2,1-5H3/t19-,20-,21+,22-,23+,24+,25-,26-,27+/m1/s1. The Morgan fingerprint density at radius 1 is 1.00 bits per heavy atom. The fraction of sp³-hybridized carbons (Fsp3) is 0.963. The molecule has 9 atom stereocenters. The van der Waals surface area contributed by atoms with Gasteiger partial charge in [-0.25, -0.2) is 0 Å². The second-order valence-corrected chi connectivity index (χ2v) is 12.9. The number of carbonyl (C=O) groups is 1. The first-order valence-corrected chi connectivity index (χ1v) is 13.3. The smallest absolute Gasteiger partial charge is 0.127 e. The van der Waals surface area contributed by atoms with E-state index in [1.54, 1.807) is 0 Å². The van der Waals surface area contributed by atoms with Gasteiger partial charge in [0.2, 0.25) is 0 Å². The van der Waals surface area contributed by atoms with Crippen LogP contribution >= 0.6 is 11.6 Å². The average molecular weight is 421 g/mol. The highest BCUT2D eigenvalue weighted by Crippen LogP contribution is 2.75. The van der Waals surface area contributed by atoms with E-state index in [4.69, 9.17) is 11.6 Å². The molecule has 4 aliphatic carbocycles. The van der Waals surface area contributed by atoms with Crippen LogP contribution in [0.2, 0.25) is 0 Å². The zero-order valence-electron chi connectivity index (χ0n) is 19.7. The lowest BCUT2D eigenvalue weighted by molar-refractivity contribution is -0.123. The summed E-state index contributed by atoms with van der Waals surface area (Å²) < 4.78 is 0. The normalized spacial score (nSPS) is 49.7. The summed E-state index contributed by atoms with van der Waals surface area (Å²) in [6.45, 7) is 12.4. The minimum atomic E-state index is -0.129. The zero-order chi connectivity index (χ0) is 21.0. The van der Waals surface area contributed by atoms with Crippen LogP contribution in [0.1, 0.15) is 98.8 Å².